The van der Waals surface area contributed by atoms with Crippen LogP contribution in [-0.2, 0) is 4.79 Å². The fraction of sp³-hybridized carbons (Fsp3) is 0.850. The van der Waals surface area contributed by atoms with E-state index in [1.807, 2.05) is 0 Å². The monoisotopic (exact) mass is 344 g/mol. The summed E-state index contributed by atoms with van der Waals surface area (Å²) < 4.78 is 0. The summed E-state index contributed by atoms with van der Waals surface area (Å²) in [6.07, 6.45) is 21.6. The molecule has 3 N–H and O–H groups in total. The van der Waals surface area contributed by atoms with Crippen LogP contribution in [0.3, 0.4) is 0 Å². The Kier molecular flexibility index (Phi) is 25.8. The number of rotatable bonds is 16. The average Bonchev–Trinajstić information content (AvgIpc) is 2.58. The fourth-order valence-electron chi connectivity index (χ4n) is 2.46. The van der Waals surface area contributed by atoms with Gasteiger partial charge < -0.3 is 15.3 Å². The van der Waals surface area contributed by atoms with Gasteiger partial charge in [-0.25, -0.2) is 4.79 Å². The average molecular weight is 345 g/mol. The predicted octanol–water partition coefficient (Wildman–Crippen LogP) is 5.08. The van der Waals surface area contributed by atoms with Gasteiger partial charge in [-0.3, -0.25) is 0 Å². The van der Waals surface area contributed by atoms with Gasteiger partial charge in [0.05, 0.1) is 13.2 Å². The maximum atomic E-state index is 10.2. The van der Waals surface area contributed by atoms with Crippen molar-refractivity contribution in [2.45, 2.75) is 96.8 Å². The first-order valence-electron chi connectivity index (χ1n) is 9.80. The standard InChI is InChI=1S/C18H34O2.C2H6O2/c1-2-3-4-5-6-7-8-9-10-11-12-13-14-15-16-17-18(19)20;3-1-2-4/h16-17H,2-15H2,1H3,(H,19,20);3-4H,1-2H2. The molecule has 144 valence electrons. The number of hydrogen-bond acceptors (Lipinski definition) is 3. The van der Waals surface area contributed by atoms with Gasteiger partial charge in [-0.15, -0.1) is 0 Å². The Labute approximate surface area is 149 Å². The van der Waals surface area contributed by atoms with E-state index >= 15 is 0 Å². The maximum Gasteiger partial charge on any atom is 0.327 e. The highest BCUT2D eigenvalue weighted by atomic mass is 16.4. The van der Waals surface area contributed by atoms with Crippen molar-refractivity contribution < 1.29 is 20.1 Å². The number of allylic oxidation sites excluding steroid dienone is 1. The summed E-state index contributed by atoms with van der Waals surface area (Å²) in [4.78, 5) is 10.2. The molecule has 0 radical (unpaired) electrons. The van der Waals surface area contributed by atoms with Crippen LogP contribution in [0.2, 0.25) is 0 Å². The summed E-state index contributed by atoms with van der Waals surface area (Å²) in [5, 5.41) is 23.7. The first-order valence-corrected chi connectivity index (χ1v) is 9.80. The van der Waals surface area contributed by atoms with E-state index in [0.717, 1.165) is 12.8 Å². The number of carboxylic acids is 1. The van der Waals surface area contributed by atoms with E-state index in [2.05, 4.69) is 6.92 Å². The van der Waals surface area contributed by atoms with Gasteiger partial charge in [0.1, 0.15) is 0 Å². The zero-order valence-electron chi connectivity index (χ0n) is 15.7. The zero-order valence-corrected chi connectivity index (χ0v) is 15.7. The lowest BCUT2D eigenvalue weighted by atomic mass is 10.0. The lowest BCUT2D eigenvalue weighted by molar-refractivity contribution is -0.131. The van der Waals surface area contributed by atoms with Gasteiger partial charge in [0.15, 0.2) is 0 Å². The van der Waals surface area contributed by atoms with Gasteiger partial charge in [-0.1, -0.05) is 90.0 Å². The van der Waals surface area contributed by atoms with Gasteiger partial charge in [-0.2, -0.15) is 0 Å². The Balaban J connectivity index is 0. The lowest BCUT2D eigenvalue weighted by Crippen LogP contribution is -1.86. The van der Waals surface area contributed by atoms with Crippen LogP contribution >= 0.6 is 0 Å². The van der Waals surface area contributed by atoms with Gasteiger partial charge in [0.2, 0.25) is 0 Å². The van der Waals surface area contributed by atoms with Gasteiger partial charge in [0, 0.05) is 6.08 Å². The first kappa shape index (κ1) is 25.4. The molecule has 0 aliphatic carbocycles. The van der Waals surface area contributed by atoms with Crippen molar-refractivity contribution in [3.8, 4) is 0 Å². The molecule has 0 aliphatic rings. The molecule has 0 unspecified atom stereocenters. The molecule has 0 amide bonds. The molecule has 0 rings (SSSR count). The molecule has 0 aliphatic heterocycles. The molecule has 24 heavy (non-hydrogen) atoms. The zero-order chi connectivity index (χ0) is 18.3. The molecular weight excluding hydrogens is 304 g/mol. The second-order valence-corrected chi connectivity index (χ2v) is 6.22. The number of aliphatic carboxylic acids is 1. The lowest BCUT2D eigenvalue weighted by Gasteiger charge is -2.02. The first-order chi connectivity index (χ1) is 11.7. The van der Waals surface area contributed by atoms with Crippen LogP contribution < -0.4 is 0 Å². The minimum atomic E-state index is -0.834. The molecule has 0 saturated heterocycles. The van der Waals surface area contributed by atoms with Crippen molar-refractivity contribution in [1.29, 1.82) is 0 Å². The van der Waals surface area contributed by atoms with Gasteiger partial charge in [-0.05, 0) is 12.8 Å². The molecule has 0 fully saturated rings. The van der Waals surface area contributed by atoms with Crippen LogP contribution in [0.4, 0.5) is 0 Å². The van der Waals surface area contributed by atoms with Crippen LogP contribution in [0.25, 0.3) is 0 Å². The highest BCUT2D eigenvalue weighted by molar-refractivity contribution is 5.79. The molecule has 4 heteroatoms. The molecule has 0 saturated carbocycles. The summed E-state index contributed by atoms with van der Waals surface area (Å²) >= 11 is 0. The van der Waals surface area contributed by atoms with Crippen molar-refractivity contribution in [3.05, 3.63) is 12.2 Å². The Bertz CT molecular complexity index is 262. The smallest absolute Gasteiger partial charge is 0.327 e. The molecule has 0 heterocycles. The number of carboxylic acid groups (broad SMARTS) is 1. The molecule has 0 atom stereocenters. The summed E-state index contributed by atoms with van der Waals surface area (Å²) in [7, 11) is 0. The highest BCUT2D eigenvalue weighted by Gasteiger charge is 1.93. The second-order valence-electron chi connectivity index (χ2n) is 6.22. The van der Waals surface area contributed by atoms with Crippen LogP contribution in [0.5, 0.6) is 0 Å². The van der Waals surface area contributed by atoms with E-state index < -0.39 is 5.97 Å². The normalized spacial score (nSPS) is 10.6. The molecular formula is C20H40O4. The maximum absolute atomic E-state index is 10.2. The molecule has 0 aromatic rings. The van der Waals surface area contributed by atoms with Crippen molar-refractivity contribution >= 4 is 5.97 Å². The van der Waals surface area contributed by atoms with E-state index in [1.165, 1.54) is 83.1 Å². The van der Waals surface area contributed by atoms with Crippen molar-refractivity contribution in [2.24, 2.45) is 0 Å². The molecule has 4 nitrogen and oxygen atoms in total. The van der Waals surface area contributed by atoms with Gasteiger partial charge >= 0.3 is 5.97 Å². The van der Waals surface area contributed by atoms with Gasteiger partial charge in [0.25, 0.3) is 0 Å². The Morgan fingerprint density at radius 3 is 1.42 bits per heavy atom. The minimum Gasteiger partial charge on any atom is -0.478 e. The number of aliphatic hydroxyl groups excluding tert-OH is 2. The molecule has 0 aromatic heterocycles. The number of unbranched alkanes of at least 4 members (excludes halogenated alkanes) is 13. The number of aliphatic hydroxyl groups is 2. The van der Waals surface area contributed by atoms with E-state index in [-0.39, 0.29) is 13.2 Å². The summed E-state index contributed by atoms with van der Waals surface area (Å²) in [6.45, 7) is 2.02. The van der Waals surface area contributed by atoms with Crippen LogP contribution in [-0.4, -0.2) is 34.5 Å². The topological polar surface area (TPSA) is 77.8 Å². The Morgan fingerprint density at radius 2 is 1.08 bits per heavy atom. The third-order valence-electron chi connectivity index (χ3n) is 3.83. The Morgan fingerprint density at radius 1 is 0.708 bits per heavy atom. The number of carbonyl (C=O) groups is 1. The van der Waals surface area contributed by atoms with Crippen molar-refractivity contribution in [1.82, 2.24) is 0 Å². The summed E-state index contributed by atoms with van der Waals surface area (Å²) in [5.74, 6) is -0.834. The van der Waals surface area contributed by atoms with Crippen molar-refractivity contribution in [3.63, 3.8) is 0 Å². The molecule has 0 bridgehead atoms. The SMILES string of the molecule is CCCCCCCCCCCCCCCC=CC(=O)O.OCCO. The third-order valence-corrected chi connectivity index (χ3v) is 3.83. The predicted molar refractivity (Wildman–Crippen MR) is 101 cm³/mol. The van der Waals surface area contributed by atoms with E-state index in [9.17, 15) is 4.79 Å². The third kappa shape index (κ3) is 29.2. The van der Waals surface area contributed by atoms with Crippen molar-refractivity contribution in [2.75, 3.05) is 13.2 Å². The second kappa shape index (κ2) is 24.4. The summed E-state index contributed by atoms with van der Waals surface area (Å²) in [6, 6.07) is 0. The fourth-order valence-corrected chi connectivity index (χ4v) is 2.46. The molecule has 0 aromatic carbocycles. The van der Waals surface area contributed by atoms with E-state index in [1.54, 1.807) is 6.08 Å². The minimum absolute atomic E-state index is 0.125. The van der Waals surface area contributed by atoms with E-state index in [4.69, 9.17) is 15.3 Å². The Hall–Kier alpha value is -0.870. The van der Waals surface area contributed by atoms with E-state index in [0.29, 0.717) is 0 Å². The van der Waals surface area contributed by atoms with Crippen LogP contribution in [0, 0.1) is 0 Å². The summed E-state index contributed by atoms with van der Waals surface area (Å²) in [5.41, 5.74) is 0. The number of hydrogen-bond donors (Lipinski definition) is 3. The van der Waals surface area contributed by atoms with Crippen LogP contribution in [0.15, 0.2) is 12.2 Å². The quantitative estimate of drug-likeness (QED) is 0.269. The van der Waals surface area contributed by atoms with Crippen LogP contribution in [0.1, 0.15) is 96.8 Å². The highest BCUT2D eigenvalue weighted by Crippen LogP contribution is 2.12. The largest absolute Gasteiger partial charge is 0.478 e. The molecule has 0 spiro atoms.